The van der Waals surface area contributed by atoms with E-state index in [2.05, 4.69) is 12.1 Å². The quantitative estimate of drug-likeness (QED) is 0.841. The van der Waals surface area contributed by atoms with E-state index in [-0.39, 0.29) is 11.8 Å². The van der Waals surface area contributed by atoms with Gasteiger partial charge in [-0.15, -0.1) is 11.3 Å². The predicted octanol–water partition coefficient (Wildman–Crippen LogP) is 3.54. The summed E-state index contributed by atoms with van der Waals surface area (Å²) >= 11 is 1.51. The summed E-state index contributed by atoms with van der Waals surface area (Å²) in [4.78, 5) is 28.7. The second kappa shape index (κ2) is 7.83. The fourth-order valence-corrected chi connectivity index (χ4v) is 3.96. The maximum absolute atomic E-state index is 12.4. The van der Waals surface area contributed by atoms with E-state index >= 15 is 0 Å². The van der Waals surface area contributed by atoms with E-state index < -0.39 is 0 Å². The first kappa shape index (κ1) is 17.7. The Kier molecular flexibility index (Phi) is 5.53. The summed E-state index contributed by atoms with van der Waals surface area (Å²) < 4.78 is 0. The van der Waals surface area contributed by atoms with Crippen LogP contribution in [0.25, 0.3) is 0 Å². The molecule has 0 saturated carbocycles. The molecule has 2 heterocycles. The minimum atomic E-state index is 0.0342. The maximum atomic E-state index is 12.4. The summed E-state index contributed by atoms with van der Waals surface area (Å²) in [5.74, 6) is 0.801. The van der Waals surface area contributed by atoms with Crippen LogP contribution in [0.3, 0.4) is 0 Å². The van der Waals surface area contributed by atoms with Crippen molar-refractivity contribution in [2.75, 3.05) is 27.2 Å². The van der Waals surface area contributed by atoms with Gasteiger partial charge in [0.2, 0.25) is 0 Å². The van der Waals surface area contributed by atoms with Crippen molar-refractivity contribution in [3.63, 3.8) is 0 Å². The van der Waals surface area contributed by atoms with Crippen molar-refractivity contribution in [3.8, 4) is 0 Å². The molecule has 0 bridgehead atoms. The summed E-state index contributed by atoms with van der Waals surface area (Å²) in [6, 6.07) is 11.8. The molecule has 5 heteroatoms. The maximum Gasteiger partial charge on any atom is 0.263 e. The average Bonchev–Trinajstić information content (AvgIpc) is 3.16. The van der Waals surface area contributed by atoms with E-state index in [4.69, 9.17) is 0 Å². The van der Waals surface area contributed by atoms with Crippen LogP contribution in [0.4, 0.5) is 0 Å². The van der Waals surface area contributed by atoms with Gasteiger partial charge in [0.15, 0.2) is 0 Å². The highest BCUT2D eigenvalue weighted by Crippen LogP contribution is 2.24. The Hall–Kier alpha value is -2.14. The average molecular weight is 356 g/mol. The number of hydrogen-bond donors (Lipinski definition) is 0. The third-order valence-corrected chi connectivity index (χ3v) is 5.62. The zero-order chi connectivity index (χ0) is 17.8. The van der Waals surface area contributed by atoms with Crippen LogP contribution in [0.15, 0.2) is 41.8 Å². The van der Waals surface area contributed by atoms with Crippen molar-refractivity contribution in [1.82, 2.24) is 9.80 Å². The lowest BCUT2D eigenvalue weighted by Crippen LogP contribution is -2.38. The monoisotopic (exact) mass is 356 g/mol. The van der Waals surface area contributed by atoms with Gasteiger partial charge >= 0.3 is 0 Å². The molecule has 0 N–H and O–H groups in total. The fraction of sp³-hybridized carbons (Fsp3) is 0.400. The molecule has 1 fully saturated rings. The molecule has 0 unspecified atom stereocenters. The molecular formula is C20H24N2O2S. The van der Waals surface area contributed by atoms with Gasteiger partial charge in [-0.1, -0.05) is 18.2 Å². The molecule has 0 radical (unpaired) electrons. The first-order chi connectivity index (χ1) is 12.0. The molecule has 0 aliphatic carbocycles. The summed E-state index contributed by atoms with van der Waals surface area (Å²) in [5, 5.41) is 1.95. The van der Waals surface area contributed by atoms with Crippen molar-refractivity contribution in [1.29, 1.82) is 0 Å². The highest BCUT2D eigenvalue weighted by Gasteiger charge is 2.24. The van der Waals surface area contributed by atoms with Crippen LogP contribution in [-0.2, 0) is 6.42 Å². The Balaban J connectivity index is 1.52. The van der Waals surface area contributed by atoms with Gasteiger partial charge in [0.1, 0.15) is 0 Å². The van der Waals surface area contributed by atoms with Crippen LogP contribution < -0.4 is 0 Å². The van der Waals surface area contributed by atoms with E-state index in [1.807, 2.05) is 34.5 Å². The Morgan fingerprint density at radius 1 is 1.12 bits per heavy atom. The van der Waals surface area contributed by atoms with Gasteiger partial charge in [0, 0.05) is 32.7 Å². The van der Waals surface area contributed by atoms with Gasteiger partial charge in [-0.2, -0.15) is 0 Å². The van der Waals surface area contributed by atoms with Gasteiger partial charge in [0.05, 0.1) is 4.88 Å². The molecule has 1 aliphatic heterocycles. The Bertz CT molecular complexity index is 715. The Morgan fingerprint density at radius 2 is 1.80 bits per heavy atom. The lowest BCUT2D eigenvalue weighted by molar-refractivity contribution is 0.0695. The highest BCUT2D eigenvalue weighted by atomic mass is 32.1. The summed E-state index contributed by atoms with van der Waals surface area (Å²) in [7, 11) is 3.53. The molecule has 3 rings (SSSR count). The number of carbonyl (C=O) groups excluding carboxylic acids is 2. The second-order valence-corrected chi connectivity index (χ2v) is 7.76. The molecule has 132 valence electrons. The zero-order valence-corrected chi connectivity index (χ0v) is 15.6. The minimum absolute atomic E-state index is 0.0342. The molecular weight excluding hydrogens is 332 g/mol. The molecule has 2 aromatic rings. The number of nitrogens with zero attached hydrogens (tertiary/aromatic N) is 2. The first-order valence-corrected chi connectivity index (χ1v) is 9.56. The van der Waals surface area contributed by atoms with Gasteiger partial charge in [0.25, 0.3) is 11.8 Å². The van der Waals surface area contributed by atoms with E-state index in [1.54, 1.807) is 19.0 Å². The summed E-state index contributed by atoms with van der Waals surface area (Å²) in [6.45, 7) is 1.66. The van der Waals surface area contributed by atoms with E-state index in [0.29, 0.717) is 5.92 Å². The molecule has 2 amide bonds. The third kappa shape index (κ3) is 4.28. The van der Waals surface area contributed by atoms with E-state index in [0.717, 1.165) is 42.8 Å². The van der Waals surface area contributed by atoms with Gasteiger partial charge in [-0.05, 0) is 54.3 Å². The molecule has 1 saturated heterocycles. The van der Waals surface area contributed by atoms with Crippen molar-refractivity contribution >= 4 is 23.2 Å². The number of hydrogen-bond acceptors (Lipinski definition) is 3. The van der Waals surface area contributed by atoms with Gasteiger partial charge < -0.3 is 9.80 Å². The van der Waals surface area contributed by atoms with Crippen LogP contribution in [0, 0.1) is 5.92 Å². The molecule has 1 aromatic heterocycles. The smallest absolute Gasteiger partial charge is 0.263 e. The Labute approximate surface area is 153 Å². The van der Waals surface area contributed by atoms with Crippen LogP contribution in [0.2, 0.25) is 0 Å². The second-order valence-electron chi connectivity index (χ2n) is 6.81. The SMILES string of the molecule is CN(C)C(=O)c1ccc(CC2CCN(C(=O)c3cccs3)CC2)cc1. The fourth-order valence-electron chi connectivity index (χ4n) is 3.27. The van der Waals surface area contributed by atoms with Gasteiger partial charge in [-0.3, -0.25) is 9.59 Å². The van der Waals surface area contributed by atoms with Crippen molar-refractivity contribution in [2.45, 2.75) is 19.3 Å². The van der Waals surface area contributed by atoms with Crippen molar-refractivity contribution < 1.29 is 9.59 Å². The molecule has 25 heavy (non-hydrogen) atoms. The molecule has 4 nitrogen and oxygen atoms in total. The largest absolute Gasteiger partial charge is 0.345 e. The predicted molar refractivity (Wildman–Crippen MR) is 101 cm³/mol. The van der Waals surface area contributed by atoms with Crippen LogP contribution in [-0.4, -0.2) is 48.8 Å². The highest BCUT2D eigenvalue weighted by molar-refractivity contribution is 7.12. The summed E-state index contributed by atoms with van der Waals surface area (Å²) in [6.07, 6.45) is 3.09. The number of thiophene rings is 1. The van der Waals surface area contributed by atoms with Crippen molar-refractivity contribution in [2.24, 2.45) is 5.92 Å². The molecule has 0 atom stereocenters. The van der Waals surface area contributed by atoms with Crippen LogP contribution >= 0.6 is 11.3 Å². The number of carbonyl (C=O) groups is 2. The van der Waals surface area contributed by atoms with Crippen LogP contribution in [0.5, 0.6) is 0 Å². The lowest BCUT2D eigenvalue weighted by Gasteiger charge is -2.31. The van der Waals surface area contributed by atoms with Crippen molar-refractivity contribution in [3.05, 3.63) is 57.8 Å². The minimum Gasteiger partial charge on any atom is -0.345 e. The lowest BCUT2D eigenvalue weighted by atomic mass is 9.90. The van der Waals surface area contributed by atoms with E-state index in [9.17, 15) is 9.59 Å². The molecule has 1 aliphatic rings. The number of benzene rings is 1. The topological polar surface area (TPSA) is 40.6 Å². The Morgan fingerprint density at radius 3 is 2.36 bits per heavy atom. The van der Waals surface area contributed by atoms with Crippen LogP contribution in [0.1, 0.15) is 38.4 Å². The number of amides is 2. The first-order valence-electron chi connectivity index (χ1n) is 8.68. The molecule has 0 spiro atoms. The van der Waals surface area contributed by atoms with Gasteiger partial charge in [-0.25, -0.2) is 0 Å². The molecule has 1 aromatic carbocycles. The number of rotatable bonds is 4. The normalized spacial score (nSPS) is 15.2. The standard InChI is InChI=1S/C20H24N2O2S/c1-21(2)19(23)17-7-5-15(6-8-17)14-16-9-11-22(12-10-16)20(24)18-4-3-13-25-18/h3-8,13,16H,9-12,14H2,1-2H3. The summed E-state index contributed by atoms with van der Waals surface area (Å²) in [5.41, 5.74) is 1.99. The number of piperidine rings is 1. The van der Waals surface area contributed by atoms with E-state index in [1.165, 1.54) is 16.9 Å². The third-order valence-electron chi connectivity index (χ3n) is 4.77. The number of likely N-dealkylation sites (tertiary alicyclic amines) is 1. The zero-order valence-electron chi connectivity index (χ0n) is 14.8.